The molecular formula is C21H25N5O2. The number of anilines is 1. The lowest BCUT2D eigenvalue weighted by Gasteiger charge is -2.22. The minimum absolute atomic E-state index is 0.0789. The highest BCUT2D eigenvalue weighted by atomic mass is 16.2. The molecule has 0 fully saturated rings. The van der Waals surface area contributed by atoms with E-state index in [4.69, 9.17) is 0 Å². The largest absolute Gasteiger partial charge is 0.340 e. The van der Waals surface area contributed by atoms with Crippen molar-refractivity contribution in [2.45, 2.75) is 33.7 Å². The second-order valence-electron chi connectivity index (χ2n) is 7.30. The Morgan fingerprint density at radius 2 is 1.86 bits per heavy atom. The lowest BCUT2D eigenvalue weighted by molar-refractivity contribution is -0.118. The highest BCUT2D eigenvalue weighted by Gasteiger charge is 2.25. The van der Waals surface area contributed by atoms with Crippen LogP contribution in [0.25, 0.3) is 11.0 Å². The van der Waals surface area contributed by atoms with E-state index in [0.717, 1.165) is 22.3 Å². The first-order valence-corrected chi connectivity index (χ1v) is 9.24. The Morgan fingerprint density at radius 3 is 2.54 bits per heavy atom. The number of aryl methyl sites for hydroxylation is 3. The summed E-state index contributed by atoms with van der Waals surface area (Å²) in [7, 11) is 1.83. The Balaban J connectivity index is 1.79. The molecule has 0 saturated heterocycles. The van der Waals surface area contributed by atoms with E-state index < -0.39 is 6.04 Å². The summed E-state index contributed by atoms with van der Waals surface area (Å²) >= 11 is 0. The van der Waals surface area contributed by atoms with Gasteiger partial charge in [-0.3, -0.25) is 14.3 Å². The number of rotatable bonds is 5. The molecule has 0 radical (unpaired) electrons. The van der Waals surface area contributed by atoms with Crippen LogP contribution in [0.5, 0.6) is 0 Å². The number of nitrogens with one attached hydrogen (secondary N) is 2. The van der Waals surface area contributed by atoms with Crippen LogP contribution in [0.3, 0.4) is 0 Å². The predicted octanol–water partition coefficient (Wildman–Crippen LogP) is 2.98. The van der Waals surface area contributed by atoms with Crippen LogP contribution >= 0.6 is 0 Å². The van der Waals surface area contributed by atoms with Crippen molar-refractivity contribution in [2.75, 3.05) is 5.32 Å². The van der Waals surface area contributed by atoms with E-state index in [0.29, 0.717) is 11.3 Å². The van der Waals surface area contributed by atoms with E-state index in [2.05, 4.69) is 20.7 Å². The van der Waals surface area contributed by atoms with Crippen LogP contribution in [0.15, 0.2) is 36.5 Å². The number of nitrogens with zero attached hydrogens (tertiary/aromatic N) is 3. The van der Waals surface area contributed by atoms with Crippen LogP contribution in [-0.2, 0) is 11.8 Å². The number of amides is 2. The molecule has 0 aliphatic heterocycles. The van der Waals surface area contributed by atoms with E-state index in [1.807, 2.05) is 59.0 Å². The van der Waals surface area contributed by atoms with Crippen LogP contribution in [-0.4, -0.2) is 32.6 Å². The molecule has 0 aliphatic rings. The minimum Gasteiger partial charge on any atom is -0.340 e. The number of carbonyl (C=O) groups excluding carboxylic acids is 2. The van der Waals surface area contributed by atoms with E-state index in [1.54, 1.807) is 16.9 Å². The van der Waals surface area contributed by atoms with E-state index in [1.165, 1.54) is 0 Å². The number of fused-ring (bicyclic) bond motifs is 1. The van der Waals surface area contributed by atoms with Crippen molar-refractivity contribution in [1.82, 2.24) is 20.1 Å². The Labute approximate surface area is 164 Å². The fourth-order valence-corrected chi connectivity index (χ4v) is 3.18. The summed E-state index contributed by atoms with van der Waals surface area (Å²) in [6.07, 6.45) is 1.60. The maximum Gasteiger partial charge on any atom is 0.252 e. The third-order valence-electron chi connectivity index (χ3n) is 4.76. The number of aromatic nitrogens is 3. The van der Waals surface area contributed by atoms with Crippen LogP contribution in [0.4, 0.5) is 5.69 Å². The maximum absolute atomic E-state index is 12.9. The van der Waals surface area contributed by atoms with Gasteiger partial charge in [-0.05, 0) is 37.5 Å². The van der Waals surface area contributed by atoms with Gasteiger partial charge in [0.2, 0.25) is 5.91 Å². The minimum atomic E-state index is -0.669. The van der Waals surface area contributed by atoms with E-state index >= 15 is 0 Å². The summed E-state index contributed by atoms with van der Waals surface area (Å²) in [5.74, 6) is -0.618. The van der Waals surface area contributed by atoms with Crippen LogP contribution in [0.1, 0.15) is 35.5 Å². The summed E-state index contributed by atoms with van der Waals surface area (Å²) in [6.45, 7) is 7.57. The van der Waals surface area contributed by atoms with Gasteiger partial charge in [0.25, 0.3) is 5.91 Å². The smallest absolute Gasteiger partial charge is 0.252 e. The molecule has 2 amide bonds. The van der Waals surface area contributed by atoms with Crippen molar-refractivity contribution in [1.29, 1.82) is 0 Å². The summed E-state index contributed by atoms with van der Waals surface area (Å²) in [4.78, 5) is 29.9. The molecule has 0 spiro atoms. The summed E-state index contributed by atoms with van der Waals surface area (Å²) in [5.41, 5.74) is 3.60. The zero-order chi connectivity index (χ0) is 20.4. The van der Waals surface area contributed by atoms with Gasteiger partial charge in [-0.15, -0.1) is 0 Å². The quantitative estimate of drug-likeness (QED) is 0.713. The first kappa shape index (κ1) is 19.5. The highest BCUT2D eigenvalue weighted by Crippen LogP contribution is 2.20. The fourth-order valence-electron chi connectivity index (χ4n) is 3.18. The fraction of sp³-hybridized carbons (Fsp3) is 0.333. The van der Waals surface area contributed by atoms with Crippen LogP contribution < -0.4 is 10.6 Å². The summed E-state index contributed by atoms with van der Waals surface area (Å²) in [6, 6.07) is 8.49. The third kappa shape index (κ3) is 3.88. The number of benzene rings is 1. The molecule has 1 unspecified atom stereocenters. The van der Waals surface area contributed by atoms with Gasteiger partial charge in [0.1, 0.15) is 6.04 Å². The first-order chi connectivity index (χ1) is 13.3. The van der Waals surface area contributed by atoms with Crippen molar-refractivity contribution in [3.63, 3.8) is 0 Å². The zero-order valence-corrected chi connectivity index (χ0v) is 16.8. The van der Waals surface area contributed by atoms with Gasteiger partial charge in [0.15, 0.2) is 5.65 Å². The molecular weight excluding hydrogens is 354 g/mol. The Kier molecular flexibility index (Phi) is 5.44. The average Bonchev–Trinajstić information content (AvgIpc) is 2.93. The van der Waals surface area contributed by atoms with Crippen LogP contribution in [0.2, 0.25) is 0 Å². The van der Waals surface area contributed by atoms with Gasteiger partial charge in [-0.25, -0.2) is 4.98 Å². The highest BCUT2D eigenvalue weighted by molar-refractivity contribution is 6.02. The topological polar surface area (TPSA) is 88.9 Å². The molecule has 2 N–H and O–H groups in total. The molecule has 28 heavy (non-hydrogen) atoms. The predicted molar refractivity (Wildman–Crippen MR) is 109 cm³/mol. The SMILES string of the molecule is Cc1ccccc1C(=O)NC(C(=O)Nc1cnc2c(c1)c(C)nn2C)C(C)C. The number of hydrogen-bond donors (Lipinski definition) is 2. The van der Waals surface area contributed by atoms with Crippen LogP contribution in [0, 0.1) is 19.8 Å². The summed E-state index contributed by atoms with van der Waals surface area (Å²) in [5, 5.41) is 10.9. The average molecular weight is 379 g/mol. The van der Waals surface area contributed by atoms with E-state index in [9.17, 15) is 9.59 Å². The molecule has 3 rings (SSSR count). The number of carbonyl (C=O) groups is 2. The van der Waals surface area contributed by atoms with Crippen molar-refractivity contribution >= 4 is 28.5 Å². The zero-order valence-electron chi connectivity index (χ0n) is 16.8. The molecule has 7 nitrogen and oxygen atoms in total. The summed E-state index contributed by atoms with van der Waals surface area (Å²) < 4.78 is 1.70. The Bertz CT molecular complexity index is 1040. The van der Waals surface area contributed by atoms with Crippen molar-refractivity contribution in [3.05, 3.63) is 53.3 Å². The number of hydrogen-bond acceptors (Lipinski definition) is 4. The molecule has 1 aromatic carbocycles. The molecule has 0 bridgehead atoms. The first-order valence-electron chi connectivity index (χ1n) is 9.24. The molecule has 3 aromatic rings. The van der Waals surface area contributed by atoms with E-state index in [-0.39, 0.29) is 17.7 Å². The molecule has 0 saturated carbocycles. The van der Waals surface area contributed by atoms with Gasteiger partial charge in [0.05, 0.1) is 17.6 Å². The van der Waals surface area contributed by atoms with Gasteiger partial charge >= 0.3 is 0 Å². The standard InChI is InChI=1S/C21H25N5O2/c1-12(2)18(24-20(27)16-9-7-6-8-13(16)3)21(28)23-15-10-17-14(4)25-26(5)19(17)22-11-15/h6-12,18H,1-5H3,(H,23,28)(H,24,27). The van der Waals surface area contributed by atoms with Gasteiger partial charge in [-0.1, -0.05) is 32.0 Å². The monoisotopic (exact) mass is 379 g/mol. The second-order valence-corrected chi connectivity index (χ2v) is 7.30. The molecule has 2 aromatic heterocycles. The maximum atomic E-state index is 12.9. The van der Waals surface area contributed by atoms with Crippen molar-refractivity contribution in [3.8, 4) is 0 Å². The molecule has 7 heteroatoms. The van der Waals surface area contributed by atoms with Crippen molar-refractivity contribution in [2.24, 2.45) is 13.0 Å². The Morgan fingerprint density at radius 1 is 1.14 bits per heavy atom. The molecule has 146 valence electrons. The van der Waals surface area contributed by atoms with Gasteiger partial charge in [-0.2, -0.15) is 5.10 Å². The molecule has 1 atom stereocenters. The number of pyridine rings is 1. The molecule has 2 heterocycles. The third-order valence-corrected chi connectivity index (χ3v) is 4.76. The van der Waals surface area contributed by atoms with Crippen molar-refractivity contribution < 1.29 is 9.59 Å². The van der Waals surface area contributed by atoms with Gasteiger partial charge in [0, 0.05) is 18.0 Å². The molecule has 0 aliphatic carbocycles. The lowest BCUT2D eigenvalue weighted by Crippen LogP contribution is -2.47. The Hall–Kier alpha value is -3.22. The lowest BCUT2D eigenvalue weighted by atomic mass is 10.0. The van der Waals surface area contributed by atoms with Gasteiger partial charge < -0.3 is 10.6 Å². The normalized spacial score (nSPS) is 12.2. The second kappa shape index (κ2) is 7.80.